The summed E-state index contributed by atoms with van der Waals surface area (Å²) in [5, 5.41) is 3.21. The first-order chi connectivity index (χ1) is 11.8. The minimum Gasteiger partial charge on any atom is -0.484 e. The molecule has 1 aromatic heterocycles. The Balaban J connectivity index is 1.67. The predicted molar refractivity (Wildman–Crippen MR) is 89.7 cm³/mol. The second kappa shape index (κ2) is 7.17. The molecule has 0 bridgehead atoms. The molecule has 3 rings (SSSR count). The van der Waals surface area contributed by atoms with Crippen molar-refractivity contribution >= 4 is 32.6 Å². The molecule has 136 valence electrons. The number of aromatic nitrogens is 1. The monoisotopic (exact) mass is 373 g/mol. The third-order valence-corrected chi connectivity index (χ3v) is 5.01. The highest BCUT2D eigenvalue weighted by Crippen LogP contribution is 2.31. The summed E-state index contributed by atoms with van der Waals surface area (Å²) in [6.07, 6.45) is -1.06. The summed E-state index contributed by atoms with van der Waals surface area (Å²) in [7, 11) is 0. The molecule has 3 N–H and O–H groups in total. The second-order valence-electron chi connectivity index (χ2n) is 6.17. The topological polar surface area (TPSA) is 77.2 Å². The molecule has 0 saturated heterocycles. The Labute approximate surface area is 146 Å². The van der Waals surface area contributed by atoms with Crippen molar-refractivity contribution < 1.29 is 22.7 Å². The van der Waals surface area contributed by atoms with Gasteiger partial charge in [0.2, 0.25) is 5.91 Å². The van der Waals surface area contributed by atoms with Gasteiger partial charge in [-0.2, -0.15) is 13.2 Å². The minimum atomic E-state index is -4.39. The van der Waals surface area contributed by atoms with Crippen molar-refractivity contribution in [2.45, 2.75) is 37.9 Å². The molecule has 0 radical (unpaired) electrons. The van der Waals surface area contributed by atoms with Crippen molar-refractivity contribution in [2.24, 2.45) is 11.7 Å². The van der Waals surface area contributed by atoms with Crippen LogP contribution in [0.5, 0.6) is 5.75 Å². The number of nitrogens with one attached hydrogen (secondary N) is 1. The van der Waals surface area contributed by atoms with E-state index in [-0.39, 0.29) is 23.6 Å². The summed E-state index contributed by atoms with van der Waals surface area (Å²) in [4.78, 5) is 16.6. The Morgan fingerprint density at radius 1 is 1.40 bits per heavy atom. The van der Waals surface area contributed by atoms with Crippen LogP contribution in [-0.2, 0) is 4.79 Å². The first-order valence-electron chi connectivity index (χ1n) is 7.97. The molecule has 1 heterocycles. The van der Waals surface area contributed by atoms with Crippen LogP contribution in [0.15, 0.2) is 18.2 Å². The summed E-state index contributed by atoms with van der Waals surface area (Å²) in [5.74, 6) is -0.117. The molecule has 0 spiro atoms. The number of alkyl halides is 3. The number of ether oxygens (including phenoxy) is 1. The summed E-state index contributed by atoms with van der Waals surface area (Å²) in [6, 6.07) is 4.54. The maximum absolute atomic E-state index is 12.3. The third-order valence-electron chi connectivity index (χ3n) is 4.08. The van der Waals surface area contributed by atoms with E-state index in [0.717, 1.165) is 19.3 Å². The zero-order chi connectivity index (χ0) is 18.0. The molecule has 1 fully saturated rings. The number of hydrogen-bond donors (Lipinski definition) is 2. The molecule has 0 aliphatic heterocycles. The van der Waals surface area contributed by atoms with Gasteiger partial charge in [0, 0.05) is 12.0 Å². The average molecular weight is 373 g/mol. The lowest BCUT2D eigenvalue weighted by Crippen LogP contribution is -2.34. The van der Waals surface area contributed by atoms with Crippen molar-refractivity contribution in [2.75, 3.05) is 11.9 Å². The molecular formula is C16H18F3N3O2S. The molecular weight excluding hydrogens is 355 g/mol. The van der Waals surface area contributed by atoms with Crippen molar-refractivity contribution in [1.29, 1.82) is 0 Å². The predicted octanol–water partition coefficient (Wildman–Crippen LogP) is 3.69. The number of halogens is 3. The Kier molecular flexibility index (Phi) is 5.14. The van der Waals surface area contributed by atoms with E-state index in [1.807, 2.05) is 0 Å². The SMILES string of the molecule is NC1CCCC(C(=O)Nc2nc3ccc(OCC(F)(F)F)cc3s2)C1. The zero-order valence-corrected chi connectivity index (χ0v) is 14.1. The van der Waals surface area contributed by atoms with Crippen LogP contribution in [0.2, 0.25) is 0 Å². The highest BCUT2D eigenvalue weighted by molar-refractivity contribution is 7.22. The van der Waals surface area contributed by atoms with Gasteiger partial charge in [-0.15, -0.1) is 0 Å². The summed E-state index contributed by atoms with van der Waals surface area (Å²) >= 11 is 1.20. The lowest BCUT2D eigenvalue weighted by Gasteiger charge is -2.25. The summed E-state index contributed by atoms with van der Waals surface area (Å²) in [6.45, 7) is -1.34. The lowest BCUT2D eigenvalue weighted by molar-refractivity contribution is -0.153. The number of nitrogens with zero attached hydrogens (tertiary/aromatic N) is 1. The fraction of sp³-hybridized carbons (Fsp3) is 0.500. The number of nitrogens with two attached hydrogens (primary N) is 1. The Morgan fingerprint density at radius 3 is 2.92 bits per heavy atom. The van der Waals surface area contributed by atoms with Crippen LogP contribution in [0, 0.1) is 5.92 Å². The normalized spacial score (nSPS) is 21.3. The molecule has 1 aromatic carbocycles. The highest BCUT2D eigenvalue weighted by Gasteiger charge is 2.28. The maximum atomic E-state index is 12.3. The fourth-order valence-electron chi connectivity index (χ4n) is 2.89. The van der Waals surface area contributed by atoms with E-state index in [2.05, 4.69) is 10.3 Å². The van der Waals surface area contributed by atoms with Crippen LogP contribution in [0.25, 0.3) is 10.2 Å². The standard InChI is InChI=1S/C16H18F3N3O2S/c17-16(18,19)8-24-11-4-5-12-13(7-11)25-15(21-12)22-14(23)9-2-1-3-10(20)6-9/h4-5,7,9-10H,1-3,6,8,20H2,(H,21,22,23). The Hall–Kier alpha value is -1.87. The van der Waals surface area contributed by atoms with Gasteiger partial charge in [0.25, 0.3) is 0 Å². The number of rotatable bonds is 4. The highest BCUT2D eigenvalue weighted by atomic mass is 32.1. The van der Waals surface area contributed by atoms with Gasteiger partial charge in [0.05, 0.1) is 10.2 Å². The van der Waals surface area contributed by atoms with Crippen LogP contribution < -0.4 is 15.8 Å². The van der Waals surface area contributed by atoms with Crippen LogP contribution in [0.3, 0.4) is 0 Å². The van der Waals surface area contributed by atoms with E-state index < -0.39 is 12.8 Å². The molecule has 1 saturated carbocycles. The van der Waals surface area contributed by atoms with Crippen molar-refractivity contribution in [3.05, 3.63) is 18.2 Å². The number of fused-ring (bicyclic) bond motifs is 1. The van der Waals surface area contributed by atoms with Gasteiger partial charge >= 0.3 is 6.18 Å². The molecule has 25 heavy (non-hydrogen) atoms. The lowest BCUT2D eigenvalue weighted by atomic mass is 9.86. The van der Waals surface area contributed by atoms with Gasteiger partial charge in [0.15, 0.2) is 11.7 Å². The van der Waals surface area contributed by atoms with Crippen LogP contribution in [-0.4, -0.2) is 29.7 Å². The number of amides is 1. The van der Waals surface area contributed by atoms with E-state index in [4.69, 9.17) is 10.5 Å². The first-order valence-corrected chi connectivity index (χ1v) is 8.78. The second-order valence-corrected chi connectivity index (χ2v) is 7.20. The fourth-order valence-corrected chi connectivity index (χ4v) is 3.78. The molecule has 5 nitrogen and oxygen atoms in total. The zero-order valence-electron chi connectivity index (χ0n) is 13.3. The van der Waals surface area contributed by atoms with Crippen molar-refractivity contribution in [3.63, 3.8) is 0 Å². The molecule has 2 atom stereocenters. The van der Waals surface area contributed by atoms with Crippen LogP contribution in [0.4, 0.5) is 18.3 Å². The maximum Gasteiger partial charge on any atom is 0.422 e. The Bertz CT molecular complexity index is 763. The molecule has 2 unspecified atom stereocenters. The minimum absolute atomic E-state index is 0.0493. The number of carbonyl (C=O) groups is 1. The average Bonchev–Trinajstić information content (AvgIpc) is 2.93. The summed E-state index contributed by atoms with van der Waals surface area (Å²) < 4.78 is 42.0. The van der Waals surface area contributed by atoms with Crippen LogP contribution in [0.1, 0.15) is 25.7 Å². The molecule has 1 amide bonds. The van der Waals surface area contributed by atoms with Gasteiger partial charge in [-0.1, -0.05) is 17.8 Å². The Morgan fingerprint density at radius 2 is 2.20 bits per heavy atom. The number of anilines is 1. The summed E-state index contributed by atoms with van der Waals surface area (Å²) in [5.41, 5.74) is 6.50. The van der Waals surface area contributed by atoms with Gasteiger partial charge in [-0.05, 0) is 37.5 Å². The third kappa shape index (κ3) is 4.82. The first kappa shape index (κ1) is 17.9. The number of carbonyl (C=O) groups excluding carboxylic acids is 1. The van der Waals surface area contributed by atoms with E-state index in [1.165, 1.54) is 23.5 Å². The molecule has 1 aliphatic carbocycles. The molecule has 2 aromatic rings. The smallest absolute Gasteiger partial charge is 0.422 e. The number of hydrogen-bond acceptors (Lipinski definition) is 5. The number of benzene rings is 1. The van der Waals surface area contributed by atoms with Crippen molar-refractivity contribution in [1.82, 2.24) is 4.98 Å². The van der Waals surface area contributed by atoms with Gasteiger partial charge in [0.1, 0.15) is 5.75 Å². The van der Waals surface area contributed by atoms with Gasteiger partial charge in [-0.25, -0.2) is 4.98 Å². The van der Waals surface area contributed by atoms with E-state index in [9.17, 15) is 18.0 Å². The quantitative estimate of drug-likeness (QED) is 0.857. The van der Waals surface area contributed by atoms with E-state index in [0.29, 0.717) is 21.8 Å². The van der Waals surface area contributed by atoms with E-state index in [1.54, 1.807) is 6.07 Å². The molecule has 1 aliphatic rings. The van der Waals surface area contributed by atoms with Crippen LogP contribution >= 0.6 is 11.3 Å². The number of thiazole rings is 1. The van der Waals surface area contributed by atoms with Gasteiger partial charge < -0.3 is 15.8 Å². The van der Waals surface area contributed by atoms with Crippen molar-refractivity contribution in [3.8, 4) is 5.75 Å². The molecule has 9 heteroatoms. The van der Waals surface area contributed by atoms with Gasteiger partial charge in [-0.3, -0.25) is 4.79 Å². The van der Waals surface area contributed by atoms with E-state index >= 15 is 0 Å². The largest absolute Gasteiger partial charge is 0.484 e.